The summed E-state index contributed by atoms with van der Waals surface area (Å²) >= 11 is 0. The number of anilines is 1. The van der Waals surface area contributed by atoms with E-state index in [-0.39, 0.29) is 0 Å². The molecule has 2 atom stereocenters. The summed E-state index contributed by atoms with van der Waals surface area (Å²) in [6, 6.07) is 8.77. The number of aryl methyl sites for hydroxylation is 1. The number of rotatable bonds is 5. The first-order chi connectivity index (χ1) is 8.72. The molecule has 18 heavy (non-hydrogen) atoms. The number of benzene rings is 1. The third-order valence-electron chi connectivity index (χ3n) is 3.46. The summed E-state index contributed by atoms with van der Waals surface area (Å²) < 4.78 is 0. The van der Waals surface area contributed by atoms with Crippen LogP contribution in [0.1, 0.15) is 38.7 Å². The standard InChI is InChI=1S/C15H23N3/c1-3-6-12-10-14(12)18-15(16)17-13-8-5-7-11(4-2)9-13/h5,7-9,12,14H,3-4,6,10H2,1-2H3,(H3,16,17,18). The predicted octanol–water partition coefficient (Wildman–Crippen LogP) is 3.16. The van der Waals surface area contributed by atoms with Crippen molar-refractivity contribution in [1.29, 1.82) is 0 Å². The van der Waals surface area contributed by atoms with Crippen LogP contribution in [0.15, 0.2) is 29.3 Å². The molecule has 2 rings (SSSR count). The Kier molecular flexibility index (Phi) is 4.24. The Labute approximate surface area is 109 Å². The number of nitrogens with two attached hydrogens (primary N) is 1. The van der Waals surface area contributed by atoms with Crippen molar-refractivity contribution in [2.24, 2.45) is 16.6 Å². The zero-order valence-corrected chi connectivity index (χ0v) is 11.3. The van der Waals surface area contributed by atoms with E-state index < -0.39 is 0 Å². The normalized spacial score (nSPS) is 22.9. The van der Waals surface area contributed by atoms with Crippen molar-refractivity contribution in [1.82, 2.24) is 0 Å². The molecule has 1 saturated carbocycles. The zero-order chi connectivity index (χ0) is 13.0. The van der Waals surface area contributed by atoms with Crippen LogP contribution in [0.3, 0.4) is 0 Å². The van der Waals surface area contributed by atoms with Crippen molar-refractivity contribution in [3.63, 3.8) is 0 Å². The second-order valence-corrected chi connectivity index (χ2v) is 5.05. The van der Waals surface area contributed by atoms with Gasteiger partial charge in [0.15, 0.2) is 5.96 Å². The van der Waals surface area contributed by atoms with E-state index in [9.17, 15) is 0 Å². The molecule has 1 aromatic rings. The van der Waals surface area contributed by atoms with E-state index in [0.717, 1.165) is 18.0 Å². The largest absolute Gasteiger partial charge is 0.370 e. The average Bonchev–Trinajstić information content (AvgIpc) is 3.07. The minimum atomic E-state index is 0.451. The third kappa shape index (κ3) is 3.49. The second kappa shape index (κ2) is 5.89. The first-order valence-electron chi connectivity index (χ1n) is 6.92. The number of hydrogen-bond acceptors (Lipinski definition) is 1. The van der Waals surface area contributed by atoms with Gasteiger partial charge in [0.25, 0.3) is 0 Å². The number of hydrogen-bond donors (Lipinski definition) is 2. The monoisotopic (exact) mass is 245 g/mol. The Balaban J connectivity index is 1.90. The summed E-state index contributed by atoms with van der Waals surface area (Å²) in [5, 5.41) is 3.18. The number of aliphatic imine (C=N–C) groups is 1. The van der Waals surface area contributed by atoms with Crippen LogP contribution < -0.4 is 11.1 Å². The molecule has 0 saturated heterocycles. The molecule has 1 aromatic carbocycles. The van der Waals surface area contributed by atoms with Crippen LogP contribution in [0.2, 0.25) is 0 Å². The zero-order valence-electron chi connectivity index (χ0n) is 11.3. The van der Waals surface area contributed by atoms with Crippen molar-refractivity contribution >= 4 is 11.6 Å². The molecule has 1 aliphatic rings. The first-order valence-corrected chi connectivity index (χ1v) is 6.92. The fourth-order valence-electron chi connectivity index (χ4n) is 2.30. The van der Waals surface area contributed by atoms with E-state index in [0.29, 0.717) is 12.0 Å². The van der Waals surface area contributed by atoms with Crippen LogP contribution in [-0.4, -0.2) is 12.0 Å². The van der Waals surface area contributed by atoms with Gasteiger partial charge < -0.3 is 11.1 Å². The molecule has 2 unspecified atom stereocenters. The Bertz CT molecular complexity index is 426. The topological polar surface area (TPSA) is 50.4 Å². The summed E-state index contributed by atoms with van der Waals surface area (Å²) in [5.41, 5.74) is 8.27. The maximum absolute atomic E-state index is 5.94. The van der Waals surface area contributed by atoms with Gasteiger partial charge in [0.2, 0.25) is 0 Å². The highest BCUT2D eigenvalue weighted by molar-refractivity contribution is 5.92. The molecule has 0 aromatic heterocycles. The van der Waals surface area contributed by atoms with E-state index in [1.165, 1.54) is 24.8 Å². The van der Waals surface area contributed by atoms with Crippen LogP contribution >= 0.6 is 0 Å². The quantitative estimate of drug-likeness (QED) is 0.618. The van der Waals surface area contributed by atoms with Gasteiger partial charge in [0, 0.05) is 5.69 Å². The van der Waals surface area contributed by atoms with Gasteiger partial charge in [0.1, 0.15) is 0 Å². The molecule has 0 bridgehead atoms. The summed E-state index contributed by atoms with van der Waals surface area (Å²) in [7, 11) is 0. The lowest BCUT2D eigenvalue weighted by Crippen LogP contribution is -2.23. The van der Waals surface area contributed by atoms with Crippen molar-refractivity contribution in [2.45, 2.75) is 45.6 Å². The first kappa shape index (κ1) is 12.9. The summed E-state index contributed by atoms with van der Waals surface area (Å²) in [4.78, 5) is 4.52. The van der Waals surface area contributed by atoms with Crippen molar-refractivity contribution in [3.8, 4) is 0 Å². The minimum Gasteiger partial charge on any atom is -0.370 e. The molecule has 3 heteroatoms. The smallest absolute Gasteiger partial charge is 0.193 e. The van der Waals surface area contributed by atoms with Gasteiger partial charge in [-0.2, -0.15) is 0 Å². The molecule has 98 valence electrons. The third-order valence-corrected chi connectivity index (χ3v) is 3.46. The highest BCUT2D eigenvalue weighted by atomic mass is 15.1. The van der Waals surface area contributed by atoms with Gasteiger partial charge >= 0.3 is 0 Å². The van der Waals surface area contributed by atoms with Gasteiger partial charge in [-0.3, -0.25) is 0 Å². The number of guanidine groups is 1. The highest BCUT2D eigenvalue weighted by Crippen LogP contribution is 2.37. The van der Waals surface area contributed by atoms with Gasteiger partial charge in [-0.15, -0.1) is 0 Å². The molecule has 3 N–H and O–H groups in total. The highest BCUT2D eigenvalue weighted by Gasteiger charge is 2.35. The predicted molar refractivity (Wildman–Crippen MR) is 77.9 cm³/mol. The molecule has 0 amide bonds. The molecule has 0 heterocycles. The molecule has 0 aliphatic heterocycles. The summed E-state index contributed by atoms with van der Waals surface area (Å²) in [6.07, 6.45) is 4.74. The molecule has 3 nitrogen and oxygen atoms in total. The van der Waals surface area contributed by atoms with Gasteiger partial charge in [0.05, 0.1) is 6.04 Å². The lowest BCUT2D eigenvalue weighted by Gasteiger charge is -2.07. The van der Waals surface area contributed by atoms with E-state index >= 15 is 0 Å². The summed E-state index contributed by atoms with van der Waals surface area (Å²) in [6.45, 7) is 4.37. The Morgan fingerprint density at radius 3 is 3.00 bits per heavy atom. The van der Waals surface area contributed by atoms with E-state index in [4.69, 9.17) is 5.73 Å². The Morgan fingerprint density at radius 2 is 2.28 bits per heavy atom. The molecule has 0 radical (unpaired) electrons. The van der Waals surface area contributed by atoms with E-state index in [2.05, 4.69) is 36.3 Å². The van der Waals surface area contributed by atoms with Gasteiger partial charge in [-0.05, 0) is 42.9 Å². The fourth-order valence-corrected chi connectivity index (χ4v) is 2.30. The summed E-state index contributed by atoms with van der Waals surface area (Å²) in [5.74, 6) is 1.31. The van der Waals surface area contributed by atoms with Crippen LogP contribution in [0.25, 0.3) is 0 Å². The maximum atomic E-state index is 5.94. The van der Waals surface area contributed by atoms with Crippen molar-refractivity contribution in [2.75, 3.05) is 5.32 Å². The number of nitrogens with one attached hydrogen (secondary N) is 1. The second-order valence-electron chi connectivity index (χ2n) is 5.05. The SMILES string of the molecule is CCCC1CC1N=C(N)Nc1cccc(CC)c1. The Morgan fingerprint density at radius 1 is 1.44 bits per heavy atom. The fraction of sp³-hybridized carbons (Fsp3) is 0.533. The molecular weight excluding hydrogens is 222 g/mol. The van der Waals surface area contributed by atoms with Crippen molar-refractivity contribution in [3.05, 3.63) is 29.8 Å². The van der Waals surface area contributed by atoms with Crippen LogP contribution in [0.4, 0.5) is 5.69 Å². The van der Waals surface area contributed by atoms with Crippen LogP contribution in [-0.2, 0) is 6.42 Å². The van der Waals surface area contributed by atoms with E-state index in [1.54, 1.807) is 0 Å². The molecule has 0 spiro atoms. The lowest BCUT2D eigenvalue weighted by atomic mass is 10.1. The lowest BCUT2D eigenvalue weighted by molar-refractivity contribution is 0.683. The van der Waals surface area contributed by atoms with Gasteiger partial charge in [-0.25, -0.2) is 4.99 Å². The number of nitrogens with zero attached hydrogens (tertiary/aromatic N) is 1. The van der Waals surface area contributed by atoms with E-state index in [1.807, 2.05) is 12.1 Å². The van der Waals surface area contributed by atoms with Gasteiger partial charge in [-0.1, -0.05) is 32.4 Å². The van der Waals surface area contributed by atoms with Crippen LogP contribution in [0.5, 0.6) is 0 Å². The molecule has 1 aliphatic carbocycles. The Hall–Kier alpha value is -1.51. The maximum Gasteiger partial charge on any atom is 0.193 e. The average molecular weight is 245 g/mol. The molecule has 1 fully saturated rings. The van der Waals surface area contributed by atoms with Crippen LogP contribution in [0, 0.1) is 5.92 Å². The minimum absolute atomic E-state index is 0.451. The molecular formula is C15H23N3. The van der Waals surface area contributed by atoms with Crippen molar-refractivity contribution < 1.29 is 0 Å².